The molecule has 4 bridgehead atoms. The Kier molecular flexibility index (Phi) is 6.86. The maximum absolute atomic E-state index is 16.9. The Morgan fingerprint density at radius 1 is 1.00 bits per heavy atom. The van der Waals surface area contributed by atoms with Crippen LogP contribution in [0.2, 0.25) is 0 Å². The first-order valence-electron chi connectivity index (χ1n) is 17.2. The van der Waals surface area contributed by atoms with Gasteiger partial charge < -0.3 is 25.0 Å². The minimum Gasteiger partial charge on any atom is -0.508 e. The molecule has 47 heavy (non-hydrogen) atoms. The van der Waals surface area contributed by atoms with Crippen LogP contribution in [-0.4, -0.2) is 95.4 Å². The Morgan fingerprint density at radius 2 is 1.81 bits per heavy atom. The van der Waals surface area contributed by atoms with Crippen molar-refractivity contribution in [2.24, 2.45) is 5.41 Å². The zero-order chi connectivity index (χ0) is 31.9. The van der Waals surface area contributed by atoms with Gasteiger partial charge in [-0.05, 0) is 80.8 Å². The molecular formula is C38H41FN6O2. The Bertz CT molecular complexity index is 1930. The van der Waals surface area contributed by atoms with Gasteiger partial charge in [-0.1, -0.05) is 24.1 Å². The summed E-state index contributed by atoms with van der Waals surface area (Å²) in [5, 5.41) is 16.5. The minimum atomic E-state index is -0.470. The molecule has 4 unspecified atom stereocenters. The summed E-state index contributed by atoms with van der Waals surface area (Å²) in [6.07, 6.45) is 12.9. The third kappa shape index (κ3) is 5.09. The number of anilines is 1. The number of aromatic nitrogens is 2. The molecule has 0 radical (unpaired) electrons. The summed E-state index contributed by atoms with van der Waals surface area (Å²) in [7, 11) is 2.25. The standard InChI is InChI=1S/C38H41FN6O2/c1-3-23-5-4-6-24-15-29(46)16-32(33(23)24)30-11-12-31-35(34(30)39)41-37(42-36(31)44-17-25-7-8-26(18-44)40-25)47-22-38(13-14-38)21-45-20-27-9-10-28(45)19-43(27)2/h1,4-6,11-12,15-16,25-28,40,46H,7-10,13-14,17-22H2,2H3. The number of phenols is 1. The summed E-state index contributed by atoms with van der Waals surface area (Å²) >= 11 is 0. The van der Waals surface area contributed by atoms with Crippen molar-refractivity contribution in [1.29, 1.82) is 0 Å². The van der Waals surface area contributed by atoms with Crippen LogP contribution in [0.15, 0.2) is 42.5 Å². The van der Waals surface area contributed by atoms with Gasteiger partial charge in [0, 0.05) is 84.2 Å². The molecule has 10 rings (SSSR count). The van der Waals surface area contributed by atoms with Gasteiger partial charge in [0.25, 0.3) is 0 Å². The highest BCUT2D eigenvalue weighted by Gasteiger charge is 2.48. The van der Waals surface area contributed by atoms with Crippen molar-refractivity contribution in [3.63, 3.8) is 0 Å². The number of phenolic OH excluding ortho intramolecular Hbond substituents is 1. The first-order valence-corrected chi connectivity index (χ1v) is 17.2. The maximum Gasteiger partial charge on any atom is 0.319 e. The van der Waals surface area contributed by atoms with Gasteiger partial charge in [-0.3, -0.25) is 4.90 Å². The molecule has 1 aromatic heterocycles. The lowest BCUT2D eigenvalue weighted by Crippen LogP contribution is -2.62. The molecule has 1 saturated carbocycles. The second-order valence-corrected chi connectivity index (χ2v) is 14.8. The van der Waals surface area contributed by atoms with E-state index in [-0.39, 0.29) is 22.7 Å². The van der Waals surface area contributed by atoms with E-state index in [2.05, 4.69) is 33.0 Å². The molecule has 0 amide bonds. The lowest BCUT2D eigenvalue weighted by Gasteiger charge is -2.51. The normalized spacial score (nSPS) is 26.6. The molecule has 6 aliphatic rings. The van der Waals surface area contributed by atoms with Crippen molar-refractivity contribution in [1.82, 2.24) is 25.1 Å². The van der Waals surface area contributed by atoms with Crippen molar-refractivity contribution in [3.05, 3.63) is 53.8 Å². The number of nitrogens with zero attached hydrogens (tertiary/aromatic N) is 5. The number of likely N-dealkylation sites (N-methyl/N-ethyl adjacent to an activating group) is 1. The number of piperidine rings is 2. The highest BCUT2D eigenvalue weighted by atomic mass is 19.1. The summed E-state index contributed by atoms with van der Waals surface area (Å²) in [5.41, 5.74) is 1.83. The maximum atomic E-state index is 16.9. The molecule has 4 atom stereocenters. The van der Waals surface area contributed by atoms with Gasteiger partial charge in [-0.25, -0.2) is 4.39 Å². The van der Waals surface area contributed by atoms with Crippen LogP contribution in [0.5, 0.6) is 11.8 Å². The monoisotopic (exact) mass is 632 g/mol. The summed E-state index contributed by atoms with van der Waals surface area (Å²) in [6, 6.07) is 14.8. The van der Waals surface area contributed by atoms with Crippen LogP contribution in [0.4, 0.5) is 10.2 Å². The molecule has 242 valence electrons. The van der Waals surface area contributed by atoms with Crippen LogP contribution in [-0.2, 0) is 0 Å². The average molecular weight is 633 g/mol. The average Bonchev–Trinajstić information content (AvgIpc) is 3.76. The molecule has 1 aliphatic carbocycles. The van der Waals surface area contributed by atoms with Gasteiger partial charge in [0.15, 0.2) is 5.82 Å². The highest BCUT2D eigenvalue weighted by molar-refractivity contribution is 6.04. The minimum absolute atomic E-state index is 0.0492. The quantitative estimate of drug-likeness (QED) is 0.271. The number of hydrogen-bond donors (Lipinski definition) is 2. The van der Waals surface area contributed by atoms with E-state index in [0.717, 1.165) is 75.0 Å². The molecule has 4 aromatic rings. The predicted octanol–water partition coefficient (Wildman–Crippen LogP) is 5.15. The van der Waals surface area contributed by atoms with Gasteiger partial charge in [0.2, 0.25) is 0 Å². The highest BCUT2D eigenvalue weighted by Crippen LogP contribution is 2.48. The number of rotatable bonds is 7. The van der Waals surface area contributed by atoms with Crippen molar-refractivity contribution in [2.45, 2.75) is 62.7 Å². The SMILES string of the molecule is C#Cc1cccc2cc(O)cc(-c3ccc4c(N5CC6CCC(C5)N6)nc(OCC5(CN6CC7CCC6CN7C)CC5)nc4c3F)c12. The lowest BCUT2D eigenvalue weighted by molar-refractivity contribution is -0.0211. The van der Waals surface area contributed by atoms with Gasteiger partial charge in [-0.2, -0.15) is 9.97 Å². The zero-order valence-electron chi connectivity index (χ0n) is 26.9. The summed E-state index contributed by atoms with van der Waals surface area (Å²) in [6.45, 7) is 5.45. The number of piperazine rings is 2. The van der Waals surface area contributed by atoms with E-state index in [1.165, 1.54) is 12.8 Å². The lowest BCUT2D eigenvalue weighted by atomic mass is 9.90. The molecule has 3 aromatic carbocycles. The fourth-order valence-electron chi connectivity index (χ4n) is 8.85. The van der Waals surface area contributed by atoms with E-state index < -0.39 is 5.82 Å². The van der Waals surface area contributed by atoms with E-state index in [4.69, 9.17) is 21.1 Å². The van der Waals surface area contributed by atoms with Crippen LogP contribution < -0.4 is 15.0 Å². The molecular weight excluding hydrogens is 591 g/mol. The summed E-state index contributed by atoms with van der Waals surface area (Å²) < 4.78 is 23.4. The number of aromatic hydroxyl groups is 1. The number of benzene rings is 3. The third-order valence-corrected chi connectivity index (χ3v) is 11.6. The Morgan fingerprint density at radius 3 is 2.53 bits per heavy atom. The van der Waals surface area contributed by atoms with Crippen LogP contribution in [0.25, 0.3) is 32.8 Å². The fourth-order valence-corrected chi connectivity index (χ4v) is 8.85. The van der Waals surface area contributed by atoms with Crippen molar-refractivity contribution in [3.8, 4) is 35.2 Å². The van der Waals surface area contributed by atoms with Crippen molar-refractivity contribution < 1.29 is 14.2 Å². The second-order valence-electron chi connectivity index (χ2n) is 14.8. The molecule has 5 aliphatic heterocycles. The third-order valence-electron chi connectivity index (χ3n) is 11.6. The second kappa shape index (κ2) is 11.0. The van der Waals surface area contributed by atoms with Gasteiger partial charge in [-0.15, -0.1) is 6.42 Å². The van der Waals surface area contributed by atoms with Crippen LogP contribution in [0.1, 0.15) is 44.1 Å². The number of halogens is 1. The number of fused-ring (bicyclic) bond motifs is 7. The molecule has 9 heteroatoms. The number of terminal acetylenes is 1. The largest absolute Gasteiger partial charge is 0.508 e. The van der Waals surface area contributed by atoms with E-state index in [9.17, 15) is 5.11 Å². The van der Waals surface area contributed by atoms with E-state index in [1.54, 1.807) is 18.2 Å². The Hall–Kier alpha value is -3.97. The van der Waals surface area contributed by atoms with Crippen LogP contribution >= 0.6 is 0 Å². The Labute approximate surface area is 274 Å². The molecule has 8 nitrogen and oxygen atoms in total. The van der Waals surface area contributed by atoms with Crippen molar-refractivity contribution >= 4 is 27.5 Å². The molecule has 0 spiro atoms. The van der Waals surface area contributed by atoms with E-state index >= 15 is 4.39 Å². The smallest absolute Gasteiger partial charge is 0.319 e. The van der Waals surface area contributed by atoms with Gasteiger partial charge in [0.1, 0.15) is 17.1 Å². The number of nitrogens with one attached hydrogen (secondary N) is 1. The molecule has 2 N–H and O–H groups in total. The molecule has 6 fully saturated rings. The first kappa shape index (κ1) is 29.2. The Balaban J connectivity index is 1.09. The number of hydrogen-bond acceptors (Lipinski definition) is 8. The van der Waals surface area contributed by atoms with Gasteiger partial charge in [0.05, 0.1) is 6.61 Å². The first-order chi connectivity index (χ1) is 22.9. The van der Waals surface area contributed by atoms with Crippen LogP contribution in [0.3, 0.4) is 0 Å². The summed E-state index contributed by atoms with van der Waals surface area (Å²) in [5.74, 6) is 3.04. The van der Waals surface area contributed by atoms with E-state index in [1.807, 2.05) is 24.3 Å². The molecule has 6 heterocycles. The van der Waals surface area contributed by atoms with E-state index in [0.29, 0.717) is 52.9 Å². The predicted molar refractivity (Wildman–Crippen MR) is 182 cm³/mol. The molecule has 5 saturated heterocycles. The van der Waals surface area contributed by atoms with Gasteiger partial charge >= 0.3 is 6.01 Å². The summed E-state index contributed by atoms with van der Waals surface area (Å²) in [4.78, 5) is 17.2. The van der Waals surface area contributed by atoms with Crippen molar-refractivity contribution in [2.75, 3.05) is 51.3 Å². The number of ether oxygens (including phenoxy) is 1. The topological polar surface area (TPSA) is 77.0 Å². The fraction of sp³-hybridized carbons (Fsp3) is 0.474. The van der Waals surface area contributed by atoms with Crippen LogP contribution in [0, 0.1) is 23.6 Å². The zero-order valence-corrected chi connectivity index (χ0v) is 26.9.